The Morgan fingerprint density at radius 2 is 1.72 bits per heavy atom. The molecule has 0 aliphatic rings. The van der Waals surface area contributed by atoms with E-state index in [1.807, 2.05) is 13.8 Å². The summed E-state index contributed by atoms with van der Waals surface area (Å²) in [6.45, 7) is 1.89. The van der Waals surface area contributed by atoms with Gasteiger partial charge in [-0.25, -0.2) is 0 Å². The van der Waals surface area contributed by atoms with E-state index in [4.69, 9.17) is 25.4 Å². The van der Waals surface area contributed by atoms with E-state index in [2.05, 4.69) is 22.4 Å². The number of rotatable bonds is 7. The minimum absolute atomic E-state index is 0.449. The van der Waals surface area contributed by atoms with Crippen LogP contribution in [0.3, 0.4) is 0 Å². The average Bonchev–Trinajstić information content (AvgIpc) is 2.32. The quantitative estimate of drug-likeness (QED) is 0.431. The van der Waals surface area contributed by atoms with Crippen molar-refractivity contribution in [2.24, 2.45) is 4.99 Å². The summed E-state index contributed by atoms with van der Waals surface area (Å²) < 4.78 is 16.4. The zero-order valence-electron chi connectivity index (χ0n) is 10.2. The zero-order valence-corrected chi connectivity index (χ0v) is 12.7. The summed E-state index contributed by atoms with van der Waals surface area (Å²) in [6, 6.07) is 6.99. The van der Waals surface area contributed by atoms with Crippen molar-refractivity contribution in [3.63, 3.8) is 0 Å². The molecule has 0 unspecified atom stereocenters. The predicted octanol–water partition coefficient (Wildman–Crippen LogP) is 4.10. The van der Waals surface area contributed by atoms with Crippen LogP contribution in [-0.2, 0) is 20.9 Å². The minimum Gasteiger partial charge on any atom is -0.424 e. The standard InChI is InChI=1S/C11H14NO3PS2/c1-3-13-16(18,14-4-2)15-11-7-5-10(6-8-11)12-9-17/h5-8H,3-4H2,1-2H3. The van der Waals surface area contributed by atoms with Gasteiger partial charge in [0.25, 0.3) is 0 Å². The van der Waals surface area contributed by atoms with Gasteiger partial charge in [-0.3, -0.25) is 9.05 Å². The molecule has 7 heteroatoms. The average molecular weight is 303 g/mol. The molecule has 0 atom stereocenters. The molecule has 0 saturated carbocycles. The maximum atomic E-state index is 5.61. The van der Waals surface area contributed by atoms with E-state index in [0.717, 1.165) is 0 Å². The van der Waals surface area contributed by atoms with Crippen LogP contribution in [0.25, 0.3) is 0 Å². The van der Waals surface area contributed by atoms with Crippen LogP contribution < -0.4 is 4.52 Å². The lowest BCUT2D eigenvalue weighted by Gasteiger charge is -2.20. The van der Waals surface area contributed by atoms with Crippen molar-refractivity contribution in [2.75, 3.05) is 13.2 Å². The Labute approximate surface area is 117 Å². The van der Waals surface area contributed by atoms with Crippen molar-refractivity contribution in [1.29, 1.82) is 0 Å². The highest BCUT2D eigenvalue weighted by Gasteiger charge is 2.20. The molecule has 0 heterocycles. The van der Waals surface area contributed by atoms with Gasteiger partial charge in [0.15, 0.2) is 0 Å². The molecule has 0 saturated heterocycles. The first kappa shape index (κ1) is 15.4. The number of hydrogen-bond acceptors (Lipinski definition) is 6. The summed E-state index contributed by atoms with van der Waals surface area (Å²) in [6.07, 6.45) is 0. The van der Waals surface area contributed by atoms with Gasteiger partial charge in [0.1, 0.15) is 5.75 Å². The second-order valence-corrected chi connectivity index (χ2v) is 6.19. The number of hydrogen-bond donors (Lipinski definition) is 0. The van der Waals surface area contributed by atoms with Gasteiger partial charge in [-0.1, -0.05) is 0 Å². The van der Waals surface area contributed by atoms with Gasteiger partial charge in [-0.15, -0.1) is 0 Å². The Bertz CT molecular complexity index is 462. The smallest absolute Gasteiger partial charge is 0.380 e. The van der Waals surface area contributed by atoms with E-state index >= 15 is 0 Å². The Hall–Kier alpha value is -0.610. The fraction of sp³-hybridized carbons (Fsp3) is 0.364. The van der Waals surface area contributed by atoms with Gasteiger partial charge < -0.3 is 4.52 Å². The molecule has 1 rings (SSSR count). The van der Waals surface area contributed by atoms with Crippen LogP contribution in [0.5, 0.6) is 5.75 Å². The Balaban J connectivity index is 2.81. The maximum Gasteiger partial charge on any atom is 0.380 e. The van der Waals surface area contributed by atoms with Crippen LogP contribution in [-0.4, -0.2) is 18.4 Å². The Morgan fingerprint density at radius 3 is 2.17 bits per heavy atom. The summed E-state index contributed by atoms with van der Waals surface area (Å²) in [7, 11) is 0. The van der Waals surface area contributed by atoms with Gasteiger partial charge in [0.05, 0.1) is 24.1 Å². The SMILES string of the molecule is CCOP(=S)(OCC)Oc1ccc(N=C=S)cc1. The van der Waals surface area contributed by atoms with E-state index in [1.165, 1.54) is 0 Å². The van der Waals surface area contributed by atoms with E-state index in [-0.39, 0.29) is 0 Å². The highest BCUT2D eigenvalue weighted by atomic mass is 32.5. The fourth-order valence-corrected chi connectivity index (χ4v) is 3.36. The molecule has 4 nitrogen and oxygen atoms in total. The normalized spacial score (nSPS) is 10.8. The van der Waals surface area contributed by atoms with Gasteiger partial charge in [0, 0.05) is 11.8 Å². The van der Waals surface area contributed by atoms with Crippen LogP contribution in [0.2, 0.25) is 0 Å². The molecule has 18 heavy (non-hydrogen) atoms. The molecule has 0 aromatic heterocycles. The van der Waals surface area contributed by atoms with Crippen molar-refractivity contribution in [3.05, 3.63) is 24.3 Å². The van der Waals surface area contributed by atoms with Gasteiger partial charge in [-0.2, -0.15) is 4.99 Å². The first-order chi connectivity index (χ1) is 8.63. The summed E-state index contributed by atoms with van der Waals surface area (Å²) in [5.74, 6) is 0.587. The third kappa shape index (κ3) is 4.94. The molecular weight excluding hydrogens is 289 g/mol. The third-order valence-corrected chi connectivity index (χ3v) is 4.33. The van der Waals surface area contributed by atoms with E-state index < -0.39 is 6.72 Å². The third-order valence-electron chi connectivity index (χ3n) is 1.80. The minimum atomic E-state index is -2.71. The van der Waals surface area contributed by atoms with E-state index in [0.29, 0.717) is 24.7 Å². The van der Waals surface area contributed by atoms with Crippen molar-refractivity contribution in [2.45, 2.75) is 13.8 Å². The van der Waals surface area contributed by atoms with Crippen LogP contribution in [0, 0.1) is 0 Å². The highest BCUT2D eigenvalue weighted by Crippen LogP contribution is 2.49. The van der Waals surface area contributed by atoms with Crippen molar-refractivity contribution >= 4 is 41.6 Å². The molecule has 1 aromatic carbocycles. The number of thiocarbonyl (C=S) groups is 1. The molecule has 98 valence electrons. The van der Waals surface area contributed by atoms with Crippen molar-refractivity contribution < 1.29 is 13.6 Å². The molecule has 0 amide bonds. The summed E-state index contributed by atoms with van der Waals surface area (Å²) in [4.78, 5) is 3.85. The lowest BCUT2D eigenvalue weighted by atomic mass is 10.3. The Morgan fingerprint density at radius 1 is 1.17 bits per heavy atom. The fourth-order valence-electron chi connectivity index (χ4n) is 1.17. The molecule has 0 radical (unpaired) electrons. The first-order valence-electron chi connectivity index (χ1n) is 5.40. The largest absolute Gasteiger partial charge is 0.424 e. The van der Waals surface area contributed by atoms with Crippen LogP contribution in [0.4, 0.5) is 5.69 Å². The Kier molecular flexibility index (Phi) is 6.65. The zero-order chi connectivity index (χ0) is 13.4. The maximum absolute atomic E-state index is 5.61. The van der Waals surface area contributed by atoms with Crippen LogP contribution in [0.1, 0.15) is 13.8 Å². The highest BCUT2D eigenvalue weighted by molar-refractivity contribution is 8.07. The molecule has 0 spiro atoms. The van der Waals surface area contributed by atoms with Crippen molar-refractivity contribution in [3.8, 4) is 5.75 Å². The molecule has 1 aromatic rings. The second kappa shape index (κ2) is 7.74. The van der Waals surface area contributed by atoms with Gasteiger partial charge in [0.2, 0.25) is 0 Å². The number of aliphatic imine (C=N–C) groups is 1. The van der Waals surface area contributed by atoms with E-state index in [9.17, 15) is 0 Å². The monoisotopic (exact) mass is 303 g/mol. The molecular formula is C11H14NO3PS2. The first-order valence-corrected chi connectivity index (χ1v) is 8.36. The summed E-state index contributed by atoms with van der Waals surface area (Å²) in [5.41, 5.74) is 0.707. The van der Waals surface area contributed by atoms with E-state index in [1.54, 1.807) is 24.3 Å². The molecule has 0 bridgehead atoms. The lowest BCUT2D eigenvalue weighted by molar-refractivity contribution is 0.218. The van der Waals surface area contributed by atoms with Crippen LogP contribution >= 0.6 is 18.9 Å². The predicted molar refractivity (Wildman–Crippen MR) is 79.3 cm³/mol. The lowest BCUT2D eigenvalue weighted by Crippen LogP contribution is -2.01. The number of isothiocyanates is 1. The molecule has 0 aliphatic heterocycles. The molecule has 0 fully saturated rings. The van der Waals surface area contributed by atoms with Crippen LogP contribution in [0.15, 0.2) is 29.3 Å². The molecule has 0 N–H and O–H groups in total. The second-order valence-electron chi connectivity index (χ2n) is 3.07. The van der Waals surface area contributed by atoms with Gasteiger partial charge >= 0.3 is 6.72 Å². The molecule has 0 aliphatic carbocycles. The van der Waals surface area contributed by atoms with Crippen molar-refractivity contribution in [1.82, 2.24) is 0 Å². The van der Waals surface area contributed by atoms with Gasteiger partial charge in [-0.05, 0) is 50.3 Å². The number of nitrogens with zero attached hydrogens (tertiary/aromatic N) is 1. The summed E-state index contributed by atoms with van der Waals surface area (Å²) >= 11 is 9.78. The summed E-state index contributed by atoms with van der Waals surface area (Å²) in [5, 5.41) is 2.30. The number of benzene rings is 1. The topological polar surface area (TPSA) is 40.0 Å².